The van der Waals surface area contributed by atoms with Crippen molar-refractivity contribution in [1.29, 1.82) is 0 Å². The number of furan rings is 1. The van der Waals surface area contributed by atoms with E-state index in [1.807, 2.05) is 26.1 Å². The van der Waals surface area contributed by atoms with Crippen LogP contribution in [0.4, 0.5) is 0 Å². The molecule has 5 heteroatoms. The second kappa shape index (κ2) is 6.30. The molecular formula is C19H25N3O2. The van der Waals surface area contributed by atoms with Gasteiger partial charge in [0.05, 0.1) is 18.3 Å². The molecule has 0 aromatic carbocycles. The monoisotopic (exact) mass is 327 g/mol. The summed E-state index contributed by atoms with van der Waals surface area (Å²) < 4.78 is 12.2. The number of nitrogens with zero attached hydrogens (tertiary/aromatic N) is 3. The first kappa shape index (κ1) is 15.8. The quantitative estimate of drug-likeness (QED) is 0.865. The second-order valence-electron chi connectivity index (χ2n) is 7.16. The first-order valence-electron chi connectivity index (χ1n) is 8.82. The van der Waals surface area contributed by atoms with Crippen molar-refractivity contribution in [2.45, 2.75) is 52.4 Å². The molecular weight excluding hydrogens is 302 g/mol. The van der Waals surface area contributed by atoms with Gasteiger partial charge in [-0.25, -0.2) is 9.97 Å². The van der Waals surface area contributed by atoms with E-state index in [1.54, 1.807) is 0 Å². The average Bonchev–Trinajstić information content (AvgIpc) is 3.10. The summed E-state index contributed by atoms with van der Waals surface area (Å²) in [4.78, 5) is 11.2. The number of aromatic nitrogens is 2. The topological polar surface area (TPSA) is 51.4 Å². The summed E-state index contributed by atoms with van der Waals surface area (Å²) in [5, 5.41) is 0. The van der Waals surface area contributed by atoms with Crippen molar-refractivity contribution in [1.82, 2.24) is 14.9 Å². The third kappa shape index (κ3) is 3.10. The van der Waals surface area contributed by atoms with Crippen molar-refractivity contribution in [2.75, 3.05) is 13.1 Å². The standard InChI is InChI=1S/C19H25N3O2/c1-12-8-16(23-13(12)2)10-22-7-5-15-9-18(24-19(15)11-22)17-4-6-20-14(3)21-17/h4,6,8,15,18-19H,5,7,9-11H2,1-3H3/t15-,18+,19+/m0/s1. The van der Waals surface area contributed by atoms with Gasteiger partial charge < -0.3 is 9.15 Å². The van der Waals surface area contributed by atoms with Crippen molar-refractivity contribution < 1.29 is 9.15 Å². The number of piperidine rings is 1. The maximum absolute atomic E-state index is 6.34. The van der Waals surface area contributed by atoms with E-state index in [-0.39, 0.29) is 6.10 Å². The highest BCUT2D eigenvalue weighted by Crippen LogP contribution is 2.40. The van der Waals surface area contributed by atoms with Crippen LogP contribution in [0.1, 0.15) is 47.5 Å². The van der Waals surface area contributed by atoms with Gasteiger partial charge in [-0.05, 0) is 63.8 Å². The Morgan fingerprint density at radius 3 is 2.92 bits per heavy atom. The minimum absolute atomic E-state index is 0.120. The number of ether oxygens (including phenoxy) is 1. The molecule has 0 bridgehead atoms. The molecule has 4 heterocycles. The fraction of sp³-hybridized carbons (Fsp3) is 0.579. The van der Waals surface area contributed by atoms with Crippen LogP contribution < -0.4 is 0 Å². The number of likely N-dealkylation sites (tertiary alicyclic amines) is 1. The molecule has 0 aliphatic carbocycles. The summed E-state index contributed by atoms with van der Waals surface area (Å²) in [7, 11) is 0. The van der Waals surface area contributed by atoms with E-state index in [9.17, 15) is 0 Å². The van der Waals surface area contributed by atoms with Crippen molar-refractivity contribution in [3.63, 3.8) is 0 Å². The summed E-state index contributed by atoms with van der Waals surface area (Å²) >= 11 is 0. The van der Waals surface area contributed by atoms with Crippen molar-refractivity contribution in [3.8, 4) is 0 Å². The highest BCUT2D eigenvalue weighted by Gasteiger charge is 2.40. The van der Waals surface area contributed by atoms with Crippen LogP contribution in [0.5, 0.6) is 0 Å². The fourth-order valence-electron chi connectivity index (χ4n) is 3.93. The molecule has 0 saturated carbocycles. The van der Waals surface area contributed by atoms with Crippen LogP contribution in [-0.2, 0) is 11.3 Å². The SMILES string of the molecule is Cc1nccc([C@H]2C[C@@H]3CCN(Cc4cc(C)c(C)o4)C[C@H]3O2)n1. The summed E-state index contributed by atoms with van der Waals surface area (Å²) in [6.45, 7) is 9.02. The minimum Gasteiger partial charge on any atom is -0.465 e. The minimum atomic E-state index is 0.120. The molecule has 0 radical (unpaired) electrons. The molecule has 2 aliphatic heterocycles. The molecule has 2 fully saturated rings. The maximum Gasteiger partial charge on any atom is 0.125 e. The number of fused-ring (bicyclic) bond motifs is 1. The molecule has 2 aromatic rings. The van der Waals surface area contributed by atoms with Gasteiger partial charge in [-0.1, -0.05) is 0 Å². The molecule has 2 aromatic heterocycles. The smallest absolute Gasteiger partial charge is 0.125 e. The van der Waals surface area contributed by atoms with Crippen LogP contribution in [0.15, 0.2) is 22.7 Å². The van der Waals surface area contributed by atoms with E-state index in [1.165, 1.54) is 12.0 Å². The average molecular weight is 327 g/mol. The van der Waals surface area contributed by atoms with Gasteiger partial charge in [-0.2, -0.15) is 0 Å². The lowest BCUT2D eigenvalue weighted by atomic mass is 9.91. The van der Waals surface area contributed by atoms with E-state index in [2.05, 4.69) is 27.9 Å². The van der Waals surface area contributed by atoms with Gasteiger partial charge >= 0.3 is 0 Å². The first-order valence-corrected chi connectivity index (χ1v) is 8.82. The van der Waals surface area contributed by atoms with E-state index >= 15 is 0 Å². The Morgan fingerprint density at radius 1 is 1.29 bits per heavy atom. The Bertz CT molecular complexity index is 708. The normalized spacial score (nSPS) is 27.4. The molecule has 128 valence electrons. The van der Waals surface area contributed by atoms with Crippen LogP contribution in [0.2, 0.25) is 0 Å². The van der Waals surface area contributed by atoms with Gasteiger partial charge in [0.1, 0.15) is 23.4 Å². The molecule has 5 nitrogen and oxygen atoms in total. The zero-order valence-electron chi connectivity index (χ0n) is 14.7. The van der Waals surface area contributed by atoms with Gasteiger partial charge in [0, 0.05) is 12.7 Å². The van der Waals surface area contributed by atoms with Crippen LogP contribution in [0.25, 0.3) is 0 Å². The lowest BCUT2D eigenvalue weighted by Gasteiger charge is -2.33. The number of aryl methyl sites for hydroxylation is 3. The molecule has 0 spiro atoms. The summed E-state index contributed by atoms with van der Waals surface area (Å²) in [5.74, 6) is 3.54. The predicted octanol–water partition coefficient (Wildman–Crippen LogP) is 3.35. The lowest BCUT2D eigenvalue weighted by Crippen LogP contribution is -2.41. The third-order valence-electron chi connectivity index (χ3n) is 5.36. The second-order valence-corrected chi connectivity index (χ2v) is 7.16. The Morgan fingerprint density at radius 2 is 2.17 bits per heavy atom. The molecule has 4 rings (SSSR count). The van der Waals surface area contributed by atoms with E-state index < -0.39 is 0 Å². The van der Waals surface area contributed by atoms with Crippen LogP contribution >= 0.6 is 0 Å². The maximum atomic E-state index is 6.34. The molecule has 0 unspecified atom stereocenters. The summed E-state index contributed by atoms with van der Waals surface area (Å²) in [6, 6.07) is 4.14. The van der Waals surface area contributed by atoms with Crippen LogP contribution in [0.3, 0.4) is 0 Å². The highest BCUT2D eigenvalue weighted by atomic mass is 16.5. The van der Waals surface area contributed by atoms with E-state index in [0.29, 0.717) is 12.0 Å². The predicted molar refractivity (Wildman–Crippen MR) is 90.6 cm³/mol. The van der Waals surface area contributed by atoms with Crippen LogP contribution in [-0.4, -0.2) is 34.1 Å². The summed E-state index contributed by atoms with van der Waals surface area (Å²) in [5.41, 5.74) is 2.26. The van der Waals surface area contributed by atoms with E-state index in [0.717, 1.165) is 49.1 Å². The van der Waals surface area contributed by atoms with Gasteiger partial charge in [0.25, 0.3) is 0 Å². The highest BCUT2D eigenvalue weighted by molar-refractivity contribution is 5.18. The molecule has 0 amide bonds. The molecule has 0 N–H and O–H groups in total. The molecule has 3 atom stereocenters. The van der Waals surface area contributed by atoms with Gasteiger partial charge in [0.15, 0.2) is 0 Å². The van der Waals surface area contributed by atoms with Gasteiger partial charge in [-0.3, -0.25) is 4.90 Å². The number of rotatable bonds is 3. The molecule has 2 saturated heterocycles. The van der Waals surface area contributed by atoms with Gasteiger partial charge in [0.2, 0.25) is 0 Å². The van der Waals surface area contributed by atoms with Crippen LogP contribution in [0, 0.1) is 26.7 Å². The largest absolute Gasteiger partial charge is 0.465 e. The number of hydrogen-bond acceptors (Lipinski definition) is 5. The molecule has 2 aliphatic rings. The van der Waals surface area contributed by atoms with E-state index in [4.69, 9.17) is 9.15 Å². The Balaban J connectivity index is 1.40. The van der Waals surface area contributed by atoms with Crippen molar-refractivity contribution in [2.24, 2.45) is 5.92 Å². The fourth-order valence-corrected chi connectivity index (χ4v) is 3.93. The molecule has 24 heavy (non-hydrogen) atoms. The zero-order chi connectivity index (χ0) is 16.7. The lowest BCUT2D eigenvalue weighted by molar-refractivity contribution is -0.0121. The Hall–Kier alpha value is -1.72. The Kier molecular flexibility index (Phi) is 4.14. The zero-order valence-corrected chi connectivity index (χ0v) is 14.7. The Labute approximate surface area is 143 Å². The number of hydrogen-bond donors (Lipinski definition) is 0. The summed E-state index contributed by atoms with van der Waals surface area (Å²) in [6.07, 6.45) is 4.51. The van der Waals surface area contributed by atoms with Crippen molar-refractivity contribution >= 4 is 0 Å². The van der Waals surface area contributed by atoms with Crippen molar-refractivity contribution in [3.05, 3.63) is 46.9 Å². The third-order valence-corrected chi connectivity index (χ3v) is 5.36. The first-order chi connectivity index (χ1) is 11.6. The van der Waals surface area contributed by atoms with Gasteiger partial charge in [-0.15, -0.1) is 0 Å².